The van der Waals surface area contributed by atoms with Crippen molar-refractivity contribution in [3.63, 3.8) is 0 Å². The molecule has 2 aromatic carbocycles. The number of nitro groups is 1. The minimum Gasteiger partial charge on any atom is -0.497 e. The molecule has 124 valence electrons. The number of halogens is 1. The number of hydrogen-bond donors (Lipinski definition) is 1. The van der Waals surface area contributed by atoms with E-state index in [0.29, 0.717) is 13.0 Å². The molecule has 8 heteroatoms. The topological polar surface area (TPSA) is 77.3 Å². The number of thiazole rings is 1. The zero-order valence-electron chi connectivity index (χ0n) is 12.8. The molecule has 0 spiro atoms. The number of nitrogens with one attached hydrogen (secondary N) is 1. The van der Waals surface area contributed by atoms with Crippen molar-refractivity contribution in [2.24, 2.45) is 0 Å². The molecule has 0 unspecified atom stereocenters. The van der Waals surface area contributed by atoms with E-state index in [0.717, 1.165) is 21.3 Å². The molecular weight excluding hydrogens is 333 g/mol. The third kappa shape index (κ3) is 3.28. The molecule has 0 saturated heterocycles. The average molecular weight is 347 g/mol. The number of benzene rings is 2. The van der Waals surface area contributed by atoms with Crippen LogP contribution in [0.2, 0.25) is 0 Å². The third-order valence-electron chi connectivity index (χ3n) is 3.45. The van der Waals surface area contributed by atoms with Gasteiger partial charge in [0.1, 0.15) is 11.4 Å². The van der Waals surface area contributed by atoms with Crippen LogP contribution in [0.4, 0.5) is 15.8 Å². The Kier molecular flexibility index (Phi) is 4.57. The molecule has 0 amide bonds. The minimum atomic E-state index is -0.929. The molecule has 0 fully saturated rings. The number of rotatable bonds is 6. The zero-order valence-corrected chi connectivity index (χ0v) is 13.6. The number of fused-ring (bicyclic) bond motifs is 1. The number of ether oxygens (including phenoxy) is 1. The predicted molar refractivity (Wildman–Crippen MR) is 91.4 cm³/mol. The molecule has 6 nitrogen and oxygen atoms in total. The normalized spacial score (nSPS) is 10.8. The Morgan fingerprint density at radius 3 is 2.88 bits per heavy atom. The van der Waals surface area contributed by atoms with E-state index in [2.05, 4.69) is 10.3 Å². The smallest absolute Gasteiger partial charge is 0.327 e. The van der Waals surface area contributed by atoms with Crippen LogP contribution in [0.25, 0.3) is 10.2 Å². The first-order valence-electron chi connectivity index (χ1n) is 7.18. The van der Waals surface area contributed by atoms with Crippen molar-refractivity contribution in [1.29, 1.82) is 0 Å². The molecule has 0 radical (unpaired) electrons. The van der Waals surface area contributed by atoms with Crippen molar-refractivity contribution in [2.45, 2.75) is 6.42 Å². The summed E-state index contributed by atoms with van der Waals surface area (Å²) in [6.07, 6.45) is 0.579. The maximum Gasteiger partial charge on any atom is 0.327 e. The fourth-order valence-electron chi connectivity index (χ4n) is 2.34. The summed E-state index contributed by atoms with van der Waals surface area (Å²) in [6.45, 7) is 0.396. The second-order valence-corrected chi connectivity index (χ2v) is 6.13. The Labute approximate surface area is 141 Å². The van der Waals surface area contributed by atoms with Crippen molar-refractivity contribution >= 4 is 32.9 Å². The summed E-state index contributed by atoms with van der Waals surface area (Å²) in [5.74, 6) is -0.706. The van der Waals surface area contributed by atoms with E-state index >= 15 is 0 Å². The summed E-state index contributed by atoms with van der Waals surface area (Å²) >= 11 is 1.57. The van der Waals surface area contributed by atoms with Gasteiger partial charge in [-0.15, -0.1) is 11.3 Å². The van der Waals surface area contributed by atoms with Gasteiger partial charge in [-0.25, -0.2) is 4.98 Å². The van der Waals surface area contributed by atoms with Crippen molar-refractivity contribution < 1.29 is 14.1 Å². The van der Waals surface area contributed by atoms with E-state index in [1.54, 1.807) is 11.3 Å². The second kappa shape index (κ2) is 6.79. The van der Waals surface area contributed by atoms with E-state index in [9.17, 15) is 14.5 Å². The Hall–Kier alpha value is -2.74. The highest BCUT2D eigenvalue weighted by molar-refractivity contribution is 7.18. The molecule has 3 aromatic rings. The Bertz CT molecular complexity index is 864. The fraction of sp³-hybridized carbons (Fsp3) is 0.188. The van der Waals surface area contributed by atoms with Crippen LogP contribution in [0, 0.1) is 15.9 Å². The standard InChI is InChI=1S/C16H14FN3O3S/c1-23-10-8-11(17)16(20(21)22)13(9-10)18-7-6-15-19-12-4-2-3-5-14(12)24-15/h2-5,8-9,18H,6-7H2,1H3. The van der Waals surface area contributed by atoms with Gasteiger partial charge in [0.05, 0.1) is 27.3 Å². The van der Waals surface area contributed by atoms with Crippen molar-refractivity contribution in [2.75, 3.05) is 19.0 Å². The van der Waals surface area contributed by atoms with Crippen molar-refractivity contribution in [3.05, 3.63) is 57.3 Å². The predicted octanol–water partition coefficient (Wildman–Crippen LogP) is 4.01. The van der Waals surface area contributed by atoms with Crippen LogP contribution in [0.5, 0.6) is 5.75 Å². The van der Waals surface area contributed by atoms with E-state index < -0.39 is 16.4 Å². The molecule has 24 heavy (non-hydrogen) atoms. The molecule has 0 aliphatic rings. The van der Waals surface area contributed by atoms with Crippen LogP contribution in [0.1, 0.15) is 5.01 Å². The maximum atomic E-state index is 13.9. The highest BCUT2D eigenvalue weighted by Gasteiger charge is 2.22. The summed E-state index contributed by atoms with van der Waals surface area (Å²) in [7, 11) is 1.38. The average Bonchev–Trinajstić information content (AvgIpc) is 2.96. The second-order valence-electron chi connectivity index (χ2n) is 5.01. The molecule has 1 aromatic heterocycles. The van der Waals surface area contributed by atoms with E-state index in [1.165, 1.54) is 13.2 Å². The molecule has 1 N–H and O–H groups in total. The van der Waals surface area contributed by atoms with Gasteiger partial charge in [-0.1, -0.05) is 12.1 Å². The van der Waals surface area contributed by atoms with Crippen LogP contribution in [-0.2, 0) is 6.42 Å². The number of nitro benzene ring substituents is 1. The van der Waals surface area contributed by atoms with Gasteiger partial charge in [-0.05, 0) is 12.1 Å². The minimum absolute atomic E-state index is 0.0953. The highest BCUT2D eigenvalue weighted by Crippen LogP contribution is 2.32. The molecule has 0 aliphatic heterocycles. The van der Waals surface area contributed by atoms with Crippen molar-refractivity contribution in [3.8, 4) is 5.75 Å². The van der Waals surface area contributed by atoms with E-state index in [4.69, 9.17) is 4.74 Å². The van der Waals surface area contributed by atoms with Crippen LogP contribution < -0.4 is 10.1 Å². The van der Waals surface area contributed by atoms with E-state index in [1.807, 2.05) is 24.3 Å². The molecular formula is C16H14FN3O3S. The first kappa shape index (κ1) is 16.1. The summed E-state index contributed by atoms with van der Waals surface area (Å²) in [5, 5.41) is 14.9. The van der Waals surface area contributed by atoms with Gasteiger partial charge >= 0.3 is 5.69 Å². The molecule has 0 bridgehead atoms. The van der Waals surface area contributed by atoms with Crippen LogP contribution in [0.15, 0.2) is 36.4 Å². The maximum absolute atomic E-state index is 13.9. The number of aromatic nitrogens is 1. The first-order chi connectivity index (χ1) is 11.6. The third-order valence-corrected chi connectivity index (χ3v) is 4.54. The molecule has 0 atom stereocenters. The Morgan fingerprint density at radius 2 is 2.17 bits per heavy atom. The molecule has 0 aliphatic carbocycles. The van der Waals surface area contributed by atoms with Crippen LogP contribution >= 0.6 is 11.3 Å². The van der Waals surface area contributed by atoms with Gasteiger partial charge in [0.15, 0.2) is 0 Å². The lowest BCUT2D eigenvalue weighted by molar-refractivity contribution is -0.386. The Morgan fingerprint density at radius 1 is 1.38 bits per heavy atom. The van der Waals surface area contributed by atoms with Crippen molar-refractivity contribution in [1.82, 2.24) is 4.98 Å². The van der Waals surface area contributed by atoms with Gasteiger partial charge in [0, 0.05) is 25.1 Å². The SMILES string of the molecule is COc1cc(F)c([N+](=O)[O-])c(NCCc2nc3ccccc3s2)c1. The number of methoxy groups -OCH3 is 1. The molecule has 0 saturated carbocycles. The van der Waals surface area contributed by atoms with E-state index in [-0.39, 0.29) is 11.4 Å². The fourth-order valence-corrected chi connectivity index (χ4v) is 3.31. The number of nitrogens with zero attached hydrogens (tertiary/aromatic N) is 2. The Balaban J connectivity index is 1.76. The molecule has 1 heterocycles. The lowest BCUT2D eigenvalue weighted by Crippen LogP contribution is -2.08. The monoisotopic (exact) mass is 347 g/mol. The zero-order chi connectivity index (χ0) is 17.1. The summed E-state index contributed by atoms with van der Waals surface area (Å²) in [5.41, 5.74) is 0.439. The summed E-state index contributed by atoms with van der Waals surface area (Å²) in [6, 6.07) is 10.2. The van der Waals surface area contributed by atoms with Crippen LogP contribution in [0.3, 0.4) is 0 Å². The largest absolute Gasteiger partial charge is 0.497 e. The number of hydrogen-bond acceptors (Lipinski definition) is 6. The van der Waals surface area contributed by atoms with Crippen LogP contribution in [-0.4, -0.2) is 23.6 Å². The lowest BCUT2D eigenvalue weighted by atomic mass is 10.2. The lowest BCUT2D eigenvalue weighted by Gasteiger charge is -2.09. The van der Waals surface area contributed by atoms with Gasteiger partial charge < -0.3 is 10.1 Å². The summed E-state index contributed by atoms with van der Waals surface area (Å²) < 4.78 is 19.9. The van der Waals surface area contributed by atoms with Gasteiger partial charge in [-0.3, -0.25) is 10.1 Å². The molecule has 3 rings (SSSR count). The van der Waals surface area contributed by atoms with Gasteiger partial charge in [-0.2, -0.15) is 4.39 Å². The van der Waals surface area contributed by atoms with Gasteiger partial charge in [0.2, 0.25) is 5.82 Å². The summed E-state index contributed by atoms with van der Waals surface area (Å²) in [4.78, 5) is 14.8. The van der Waals surface area contributed by atoms with Gasteiger partial charge in [0.25, 0.3) is 0 Å². The quantitative estimate of drug-likeness (QED) is 0.538. The highest BCUT2D eigenvalue weighted by atomic mass is 32.1. The number of anilines is 1. The first-order valence-corrected chi connectivity index (χ1v) is 8.00. The number of para-hydroxylation sites is 1.